The van der Waals surface area contributed by atoms with Crippen LogP contribution < -0.4 is 14.4 Å². The lowest BCUT2D eigenvalue weighted by Crippen LogP contribution is -2.50. The summed E-state index contributed by atoms with van der Waals surface area (Å²) in [4.78, 5) is 13.1. The minimum Gasteiger partial charge on any atom is -0.476 e. The minimum absolute atomic E-state index is 0.105. The second-order valence-corrected chi connectivity index (χ2v) is 9.93. The first-order valence-electron chi connectivity index (χ1n) is 10.4. The molecule has 3 aromatic carbocycles. The summed E-state index contributed by atoms with van der Waals surface area (Å²) in [5, 5.41) is 2.89. The number of rotatable bonds is 5. The van der Waals surface area contributed by atoms with Crippen LogP contribution in [0.2, 0.25) is 0 Å². The molecule has 166 valence electrons. The molecule has 0 bridgehead atoms. The van der Waals surface area contributed by atoms with Crippen LogP contribution in [0.4, 0.5) is 5.69 Å². The molecular formula is C25H26N2O4S. The smallest absolute Gasteiger partial charge is 0.264 e. The van der Waals surface area contributed by atoms with Crippen LogP contribution in [0.15, 0.2) is 71.6 Å². The van der Waals surface area contributed by atoms with Gasteiger partial charge in [-0.3, -0.25) is 9.10 Å². The van der Waals surface area contributed by atoms with Crippen molar-refractivity contribution >= 4 is 21.6 Å². The molecule has 0 fully saturated rings. The maximum absolute atomic E-state index is 13.5. The van der Waals surface area contributed by atoms with Gasteiger partial charge in [0.05, 0.1) is 17.1 Å². The van der Waals surface area contributed by atoms with Gasteiger partial charge in [0.25, 0.3) is 15.9 Å². The Kier molecular flexibility index (Phi) is 5.93. The van der Waals surface area contributed by atoms with Crippen molar-refractivity contribution < 1.29 is 17.9 Å². The van der Waals surface area contributed by atoms with Crippen molar-refractivity contribution in [2.75, 3.05) is 10.8 Å². The molecule has 1 aliphatic heterocycles. The van der Waals surface area contributed by atoms with Crippen molar-refractivity contribution in [1.29, 1.82) is 0 Å². The van der Waals surface area contributed by atoms with E-state index in [0.717, 1.165) is 22.3 Å². The number of hydrogen-bond acceptors (Lipinski definition) is 4. The molecular weight excluding hydrogens is 424 g/mol. The number of carbonyl (C=O) groups is 1. The molecule has 0 aromatic heterocycles. The molecule has 6 nitrogen and oxygen atoms in total. The summed E-state index contributed by atoms with van der Waals surface area (Å²) in [6, 6.07) is 19.8. The zero-order chi connectivity index (χ0) is 22.9. The van der Waals surface area contributed by atoms with E-state index in [0.29, 0.717) is 18.0 Å². The third-order valence-corrected chi connectivity index (χ3v) is 7.39. The summed E-state index contributed by atoms with van der Waals surface area (Å²) in [6.07, 6.45) is -0.963. The maximum atomic E-state index is 13.5. The molecule has 1 N–H and O–H groups in total. The molecule has 1 atom stereocenters. The number of aryl methyl sites for hydroxylation is 3. The molecule has 0 unspecified atom stereocenters. The normalized spacial score (nSPS) is 15.6. The van der Waals surface area contributed by atoms with Crippen LogP contribution in [-0.2, 0) is 21.4 Å². The van der Waals surface area contributed by atoms with E-state index in [1.54, 1.807) is 36.4 Å². The zero-order valence-electron chi connectivity index (χ0n) is 18.3. The zero-order valence-corrected chi connectivity index (χ0v) is 19.1. The van der Waals surface area contributed by atoms with Crippen LogP contribution in [0.25, 0.3) is 0 Å². The number of benzene rings is 3. The molecule has 32 heavy (non-hydrogen) atoms. The molecule has 0 aliphatic carbocycles. The van der Waals surface area contributed by atoms with Crippen LogP contribution in [0.1, 0.15) is 22.3 Å². The van der Waals surface area contributed by atoms with Gasteiger partial charge in [0.2, 0.25) is 0 Å². The Balaban J connectivity index is 1.63. The number of sulfonamides is 1. The Morgan fingerprint density at radius 3 is 2.41 bits per heavy atom. The van der Waals surface area contributed by atoms with Gasteiger partial charge in [0.1, 0.15) is 5.75 Å². The number of nitrogens with zero attached hydrogens (tertiary/aromatic N) is 1. The van der Waals surface area contributed by atoms with E-state index in [4.69, 9.17) is 4.74 Å². The van der Waals surface area contributed by atoms with E-state index in [9.17, 15) is 13.2 Å². The summed E-state index contributed by atoms with van der Waals surface area (Å²) < 4.78 is 34.2. The lowest BCUT2D eigenvalue weighted by molar-refractivity contribution is -0.127. The first-order chi connectivity index (χ1) is 15.3. The first-order valence-corrected chi connectivity index (χ1v) is 11.9. The van der Waals surface area contributed by atoms with Crippen molar-refractivity contribution in [3.8, 4) is 5.75 Å². The molecule has 0 saturated heterocycles. The number of ether oxygens (including phenoxy) is 1. The van der Waals surface area contributed by atoms with Crippen LogP contribution in [0.5, 0.6) is 5.75 Å². The summed E-state index contributed by atoms with van der Waals surface area (Å²) in [5.41, 5.74) is 4.38. The van der Waals surface area contributed by atoms with Crippen LogP contribution >= 0.6 is 0 Å². The summed E-state index contributed by atoms with van der Waals surface area (Å²) >= 11 is 0. The van der Waals surface area contributed by atoms with Crippen LogP contribution in [0, 0.1) is 20.8 Å². The van der Waals surface area contributed by atoms with Crippen molar-refractivity contribution in [2.45, 2.75) is 38.3 Å². The van der Waals surface area contributed by atoms with E-state index in [-0.39, 0.29) is 17.3 Å². The van der Waals surface area contributed by atoms with Crippen LogP contribution in [0.3, 0.4) is 0 Å². The Bertz CT molecular complexity index is 1250. The van der Waals surface area contributed by atoms with Crippen molar-refractivity contribution in [3.63, 3.8) is 0 Å². The highest BCUT2D eigenvalue weighted by molar-refractivity contribution is 7.92. The molecule has 0 spiro atoms. The molecule has 1 heterocycles. The predicted octanol–water partition coefficient (Wildman–Crippen LogP) is 3.88. The number of anilines is 1. The number of hydrogen-bond donors (Lipinski definition) is 1. The highest BCUT2D eigenvalue weighted by atomic mass is 32.2. The SMILES string of the molecule is Cc1ccc(S(=O)(=O)N2C[C@H](C(=O)NCc3ccccc3C)Oc3ccc(C)cc32)cc1. The van der Waals surface area contributed by atoms with Gasteiger partial charge in [0, 0.05) is 6.54 Å². The van der Waals surface area contributed by atoms with Gasteiger partial charge in [-0.25, -0.2) is 8.42 Å². The van der Waals surface area contributed by atoms with E-state index in [1.807, 2.05) is 51.1 Å². The van der Waals surface area contributed by atoms with Crippen molar-refractivity contribution in [3.05, 3.63) is 89.0 Å². The topological polar surface area (TPSA) is 75.7 Å². The fraction of sp³-hybridized carbons (Fsp3) is 0.240. The van der Waals surface area contributed by atoms with Crippen molar-refractivity contribution in [2.24, 2.45) is 0 Å². The van der Waals surface area contributed by atoms with Gasteiger partial charge in [-0.05, 0) is 61.7 Å². The Morgan fingerprint density at radius 2 is 1.69 bits per heavy atom. The maximum Gasteiger partial charge on any atom is 0.264 e. The molecule has 0 saturated carbocycles. The van der Waals surface area contributed by atoms with E-state index < -0.39 is 16.1 Å². The second kappa shape index (κ2) is 8.67. The average Bonchev–Trinajstić information content (AvgIpc) is 2.78. The monoisotopic (exact) mass is 450 g/mol. The molecule has 0 radical (unpaired) electrons. The molecule has 1 amide bonds. The third-order valence-electron chi connectivity index (χ3n) is 5.60. The molecule has 3 aromatic rings. The second-order valence-electron chi connectivity index (χ2n) is 8.07. The summed E-state index contributed by atoms with van der Waals surface area (Å²) in [6.45, 7) is 6.01. The van der Waals surface area contributed by atoms with E-state index in [2.05, 4.69) is 5.32 Å². The van der Waals surface area contributed by atoms with E-state index >= 15 is 0 Å². The fourth-order valence-electron chi connectivity index (χ4n) is 3.67. The quantitative estimate of drug-likeness (QED) is 0.640. The van der Waals surface area contributed by atoms with Gasteiger partial charge in [-0.15, -0.1) is 0 Å². The fourth-order valence-corrected chi connectivity index (χ4v) is 5.14. The van der Waals surface area contributed by atoms with Gasteiger partial charge in [-0.1, -0.05) is 48.0 Å². The number of amides is 1. The van der Waals surface area contributed by atoms with Gasteiger partial charge in [0.15, 0.2) is 6.10 Å². The molecule has 4 rings (SSSR count). The molecule has 7 heteroatoms. The first kappa shape index (κ1) is 21.9. The van der Waals surface area contributed by atoms with Gasteiger partial charge >= 0.3 is 0 Å². The molecule has 1 aliphatic rings. The highest BCUT2D eigenvalue weighted by Gasteiger charge is 2.37. The Morgan fingerprint density at radius 1 is 1.00 bits per heavy atom. The summed E-state index contributed by atoms with van der Waals surface area (Å²) in [5.74, 6) is 0.0113. The Labute approximate surface area is 188 Å². The minimum atomic E-state index is -3.88. The number of carbonyl (C=O) groups excluding carboxylic acids is 1. The lowest BCUT2D eigenvalue weighted by Gasteiger charge is -2.35. The van der Waals surface area contributed by atoms with Crippen LogP contribution in [-0.4, -0.2) is 27.0 Å². The predicted molar refractivity (Wildman–Crippen MR) is 124 cm³/mol. The van der Waals surface area contributed by atoms with E-state index in [1.165, 1.54) is 4.31 Å². The van der Waals surface area contributed by atoms with Crippen molar-refractivity contribution in [1.82, 2.24) is 5.32 Å². The number of fused-ring (bicyclic) bond motifs is 1. The average molecular weight is 451 g/mol. The Hall–Kier alpha value is -3.32. The standard InChI is InChI=1S/C25H26N2O4S/c1-17-8-11-21(12-9-17)32(29,30)27-16-24(31-23-13-10-18(2)14-22(23)27)25(28)26-15-20-7-5-4-6-19(20)3/h4-14,24H,15-16H2,1-3H3,(H,26,28)/t24-/m1/s1. The third kappa shape index (κ3) is 4.34. The van der Waals surface area contributed by atoms with Gasteiger partial charge < -0.3 is 10.1 Å². The summed E-state index contributed by atoms with van der Waals surface area (Å²) in [7, 11) is -3.88. The highest BCUT2D eigenvalue weighted by Crippen LogP contribution is 2.37. The lowest BCUT2D eigenvalue weighted by atomic mass is 10.1. The largest absolute Gasteiger partial charge is 0.476 e. The number of nitrogens with one attached hydrogen (secondary N) is 1. The van der Waals surface area contributed by atoms with Gasteiger partial charge in [-0.2, -0.15) is 0 Å².